The molecule has 0 bridgehead atoms. The molecule has 6 heteroatoms. The molecular formula is C21H15ClN2O3. The van der Waals surface area contributed by atoms with Crippen LogP contribution in [-0.4, -0.2) is 11.8 Å². The van der Waals surface area contributed by atoms with Crippen LogP contribution in [0.2, 0.25) is 5.02 Å². The largest absolute Gasteiger partial charge is 0.457 e. The van der Waals surface area contributed by atoms with Crippen LogP contribution in [-0.2, 0) is 9.59 Å². The average Bonchev–Trinajstić information content (AvgIpc) is 3.25. The molecule has 2 heterocycles. The van der Waals surface area contributed by atoms with Gasteiger partial charge in [0, 0.05) is 10.6 Å². The van der Waals surface area contributed by atoms with Gasteiger partial charge < -0.3 is 4.42 Å². The summed E-state index contributed by atoms with van der Waals surface area (Å²) in [5.74, 6) is 0.118. The fraction of sp³-hybridized carbons (Fsp3) is 0.0476. The van der Waals surface area contributed by atoms with Crippen LogP contribution in [0.25, 0.3) is 17.4 Å². The summed E-state index contributed by atoms with van der Waals surface area (Å²) in [6, 6.07) is 18.0. The van der Waals surface area contributed by atoms with Crippen molar-refractivity contribution in [2.75, 3.05) is 5.01 Å². The van der Waals surface area contributed by atoms with Gasteiger partial charge in [-0.15, -0.1) is 0 Å². The van der Waals surface area contributed by atoms with Crippen LogP contribution in [0.1, 0.15) is 11.3 Å². The lowest BCUT2D eigenvalue weighted by Crippen LogP contribution is -2.35. The molecule has 0 radical (unpaired) electrons. The van der Waals surface area contributed by atoms with Gasteiger partial charge in [0.1, 0.15) is 17.1 Å². The molecule has 5 nitrogen and oxygen atoms in total. The normalized spacial score (nSPS) is 15.5. The molecule has 0 saturated carbocycles. The Morgan fingerprint density at radius 3 is 2.56 bits per heavy atom. The van der Waals surface area contributed by atoms with E-state index in [4.69, 9.17) is 16.0 Å². The highest BCUT2D eigenvalue weighted by atomic mass is 35.5. The summed E-state index contributed by atoms with van der Waals surface area (Å²) in [4.78, 5) is 24.8. The summed E-state index contributed by atoms with van der Waals surface area (Å²) in [5, 5.41) is 1.87. The minimum absolute atomic E-state index is 0.0155. The summed E-state index contributed by atoms with van der Waals surface area (Å²) in [5.41, 5.74) is 4.96. The number of halogens is 1. The molecule has 1 aliphatic rings. The third-order valence-corrected chi connectivity index (χ3v) is 4.68. The molecule has 1 N–H and O–H groups in total. The molecule has 27 heavy (non-hydrogen) atoms. The van der Waals surface area contributed by atoms with Crippen molar-refractivity contribution in [1.82, 2.24) is 5.43 Å². The molecule has 0 spiro atoms. The van der Waals surface area contributed by atoms with E-state index in [-0.39, 0.29) is 5.57 Å². The van der Waals surface area contributed by atoms with Crippen LogP contribution in [0, 0.1) is 6.92 Å². The first-order valence-electron chi connectivity index (χ1n) is 8.31. The highest BCUT2D eigenvalue weighted by molar-refractivity contribution is 6.32. The maximum atomic E-state index is 12.6. The van der Waals surface area contributed by atoms with Crippen LogP contribution in [0.5, 0.6) is 0 Å². The zero-order chi connectivity index (χ0) is 19.0. The predicted octanol–water partition coefficient (Wildman–Crippen LogP) is 4.37. The van der Waals surface area contributed by atoms with Crippen LogP contribution >= 0.6 is 11.6 Å². The lowest BCUT2D eigenvalue weighted by Gasteiger charge is -2.13. The quantitative estimate of drug-likeness (QED) is 0.543. The Balaban J connectivity index is 1.62. The number of nitrogens with one attached hydrogen (secondary N) is 1. The standard InChI is InChI=1S/C21H15ClN2O3/c1-13-7-8-14(11-18(13)22)19-10-9-16(27-19)12-17-20(25)23-24(21(17)26)15-5-3-2-4-6-15/h2-12H,1H3,(H,23,25)/b17-12-. The second-order valence-corrected chi connectivity index (χ2v) is 6.55. The van der Waals surface area contributed by atoms with Crippen molar-refractivity contribution in [3.63, 3.8) is 0 Å². The molecule has 1 aromatic heterocycles. The molecule has 4 rings (SSSR count). The smallest absolute Gasteiger partial charge is 0.282 e. The molecule has 1 aliphatic heterocycles. The summed E-state index contributed by atoms with van der Waals surface area (Å²) in [6.45, 7) is 1.92. The van der Waals surface area contributed by atoms with E-state index < -0.39 is 11.8 Å². The zero-order valence-electron chi connectivity index (χ0n) is 14.4. The number of carbonyl (C=O) groups is 2. The number of hydrogen-bond acceptors (Lipinski definition) is 3. The first-order valence-corrected chi connectivity index (χ1v) is 8.69. The summed E-state index contributed by atoms with van der Waals surface area (Å²) in [7, 11) is 0. The van der Waals surface area contributed by atoms with E-state index in [2.05, 4.69) is 5.43 Å². The van der Waals surface area contributed by atoms with Crippen molar-refractivity contribution in [1.29, 1.82) is 0 Å². The number of carbonyl (C=O) groups excluding carboxylic acids is 2. The predicted molar refractivity (Wildman–Crippen MR) is 104 cm³/mol. The summed E-state index contributed by atoms with van der Waals surface area (Å²) >= 11 is 6.16. The third-order valence-electron chi connectivity index (χ3n) is 4.28. The minimum atomic E-state index is -0.472. The van der Waals surface area contributed by atoms with Crippen molar-refractivity contribution >= 4 is 35.2 Å². The van der Waals surface area contributed by atoms with Gasteiger partial charge in [0.25, 0.3) is 11.8 Å². The Hall–Kier alpha value is -3.31. The van der Waals surface area contributed by atoms with E-state index in [1.54, 1.807) is 36.4 Å². The first kappa shape index (κ1) is 17.1. The first-order chi connectivity index (χ1) is 13.0. The number of anilines is 1. The van der Waals surface area contributed by atoms with Crippen molar-refractivity contribution < 1.29 is 14.0 Å². The summed E-state index contributed by atoms with van der Waals surface area (Å²) in [6.07, 6.45) is 1.44. The van der Waals surface area contributed by atoms with Crippen molar-refractivity contribution in [2.24, 2.45) is 0 Å². The molecule has 0 aliphatic carbocycles. The summed E-state index contributed by atoms with van der Waals surface area (Å²) < 4.78 is 5.78. The second kappa shape index (κ2) is 6.78. The maximum Gasteiger partial charge on any atom is 0.282 e. The van der Waals surface area contributed by atoms with E-state index in [0.29, 0.717) is 22.2 Å². The Bertz CT molecular complexity index is 1070. The number of hydrogen-bond donors (Lipinski definition) is 1. The lowest BCUT2D eigenvalue weighted by molar-refractivity contribution is -0.117. The molecule has 1 saturated heterocycles. The van der Waals surface area contributed by atoms with Gasteiger partial charge in [-0.1, -0.05) is 41.9 Å². The van der Waals surface area contributed by atoms with Gasteiger partial charge in [-0.25, -0.2) is 5.01 Å². The Morgan fingerprint density at radius 2 is 1.81 bits per heavy atom. The topological polar surface area (TPSA) is 62.6 Å². The number of nitrogens with zero attached hydrogens (tertiary/aromatic N) is 1. The van der Waals surface area contributed by atoms with Crippen molar-refractivity contribution in [3.8, 4) is 11.3 Å². The van der Waals surface area contributed by atoms with E-state index in [0.717, 1.165) is 11.1 Å². The fourth-order valence-corrected chi connectivity index (χ4v) is 2.97. The second-order valence-electron chi connectivity index (χ2n) is 6.14. The van der Waals surface area contributed by atoms with Gasteiger partial charge in [0.05, 0.1) is 5.69 Å². The van der Waals surface area contributed by atoms with Crippen molar-refractivity contribution in [3.05, 3.63) is 82.6 Å². The van der Waals surface area contributed by atoms with E-state index in [1.807, 2.05) is 31.2 Å². The molecule has 3 aromatic rings. The number of furan rings is 1. The molecule has 2 aromatic carbocycles. The van der Waals surface area contributed by atoms with Crippen LogP contribution in [0.4, 0.5) is 5.69 Å². The number of rotatable bonds is 3. The average molecular weight is 379 g/mol. The lowest BCUT2D eigenvalue weighted by atomic mass is 10.1. The number of para-hydroxylation sites is 1. The Morgan fingerprint density at radius 1 is 1.04 bits per heavy atom. The molecular weight excluding hydrogens is 364 g/mol. The van der Waals surface area contributed by atoms with Gasteiger partial charge in [0.2, 0.25) is 0 Å². The van der Waals surface area contributed by atoms with Gasteiger partial charge in [-0.2, -0.15) is 0 Å². The van der Waals surface area contributed by atoms with Gasteiger partial charge in [-0.3, -0.25) is 15.0 Å². The number of benzene rings is 2. The van der Waals surface area contributed by atoms with E-state index in [9.17, 15) is 9.59 Å². The minimum Gasteiger partial charge on any atom is -0.457 e. The fourth-order valence-electron chi connectivity index (χ4n) is 2.79. The highest BCUT2D eigenvalue weighted by Crippen LogP contribution is 2.28. The van der Waals surface area contributed by atoms with Gasteiger partial charge >= 0.3 is 0 Å². The molecule has 0 atom stereocenters. The van der Waals surface area contributed by atoms with Crippen molar-refractivity contribution in [2.45, 2.75) is 6.92 Å². The Kier molecular flexibility index (Phi) is 4.30. The van der Waals surface area contributed by atoms with Crippen LogP contribution < -0.4 is 10.4 Å². The molecule has 1 fully saturated rings. The molecule has 2 amide bonds. The monoisotopic (exact) mass is 378 g/mol. The van der Waals surface area contributed by atoms with Crippen LogP contribution in [0.15, 0.2) is 70.7 Å². The molecule has 0 unspecified atom stereocenters. The number of amides is 2. The number of hydrazine groups is 1. The number of aryl methyl sites for hydroxylation is 1. The van der Waals surface area contributed by atoms with E-state index in [1.165, 1.54) is 11.1 Å². The molecule has 134 valence electrons. The zero-order valence-corrected chi connectivity index (χ0v) is 15.2. The van der Waals surface area contributed by atoms with Gasteiger partial charge in [-0.05, 0) is 48.9 Å². The van der Waals surface area contributed by atoms with E-state index >= 15 is 0 Å². The maximum absolute atomic E-state index is 12.6. The highest BCUT2D eigenvalue weighted by Gasteiger charge is 2.34. The van der Waals surface area contributed by atoms with Gasteiger partial charge in [0.15, 0.2) is 0 Å². The Labute approximate surface area is 160 Å². The van der Waals surface area contributed by atoms with Crippen LogP contribution in [0.3, 0.4) is 0 Å². The SMILES string of the molecule is Cc1ccc(-c2ccc(/C=C3/C(=O)NN(c4ccccc4)C3=O)o2)cc1Cl. The third kappa shape index (κ3) is 3.25.